The highest BCUT2D eigenvalue weighted by Crippen LogP contribution is 2.29. The molecule has 0 spiro atoms. The number of aliphatic hydroxyl groups is 4. The molecule has 14 nitrogen and oxygen atoms in total. The van der Waals surface area contributed by atoms with Gasteiger partial charge in [-0.1, -0.05) is 106 Å². The maximum atomic E-state index is 12.1. The summed E-state index contributed by atoms with van der Waals surface area (Å²) >= 11 is 0. The zero-order valence-electron chi connectivity index (χ0n) is 37.0. The fourth-order valence-electron chi connectivity index (χ4n) is 6.75. The molecule has 10 unspecified atom stereocenters. The van der Waals surface area contributed by atoms with E-state index in [2.05, 4.69) is 49.5 Å². The molecular formula is C47H72N4O10. The van der Waals surface area contributed by atoms with E-state index in [-0.39, 0.29) is 23.6 Å². The van der Waals surface area contributed by atoms with Gasteiger partial charge in [0.25, 0.3) is 0 Å². The molecule has 0 radical (unpaired) electrons. The Balaban J connectivity index is 2.02. The molecule has 0 saturated carbocycles. The first-order chi connectivity index (χ1) is 29.0. The van der Waals surface area contributed by atoms with Gasteiger partial charge in [0.1, 0.15) is 36.0 Å². The summed E-state index contributed by atoms with van der Waals surface area (Å²) in [5, 5.41) is 61.7. The number of hydrogen-bond acceptors (Lipinski definition) is 11. The zero-order chi connectivity index (χ0) is 45.5. The van der Waals surface area contributed by atoms with Crippen LogP contribution in [0, 0.1) is 23.2 Å². The summed E-state index contributed by atoms with van der Waals surface area (Å²) in [5.41, 5.74) is 7.25. The van der Waals surface area contributed by atoms with Gasteiger partial charge in [-0.25, -0.2) is 4.79 Å². The van der Waals surface area contributed by atoms with Crippen molar-refractivity contribution in [1.29, 1.82) is 5.41 Å². The third-order valence-electron chi connectivity index (χ3n) is 10.5. The van der Waals surface area contributed by atoms with E-state index < -0.39 is 49.0 Å². The molecule has 1 heterocycles. The molecule has 0 aromatic heterocycles. The minimum atomic E-state index is -1.82. The van der Waals surface area contributed by atoms with Crippen LogP contribution in [0.25, 0.3) is 0 Å². The number of nitrogens with one attached hydrogen (secondary N) is 2. The molecule has 1 fully saturated rings. The van der Waals surface area contributed by atoms with Gasteiger partial charge >= 0.3 is 5.97 Å². The Kier molecular flexibility index (Phi) is 24.2. The number of methoxy groups -OCH3 is 1. The van der Waals surface area contributed by atoms with Gasteiger partial charge in [-0.05, 0) is 75.4 Å². The number of aliphatic hydroxyl groups excluding tert-OH is 4. The van der Waals surface area contributed by atoms with E-state index in [1.807, 2.05) is 57.4 Å². The van der Waals surface area contributed by atoms with Crippen molar-refractivity contribution in [2.24, 2.45) is 23.5 Å². The number of carbonyl (C=O) groups excluding carboxylic acids is 1. The van der Waals surface area contributed by atoms with Crippen molar-refractivity contribution in [3.8, 4) is 0 Å². The van der Waals surface area contributed by atoms with Crippen LogP contribution in [-0.2, 0) is 23.8 Å². The van der Waals surface area contributed by atoms with Crippen LogP contribution in [0.4, 0.5) is 0 Å². The SMILES string of the molecule is COC1=C(NC(O)/C(C)=C/C=C/C=C/C=C/C=C/C(C)C(OC2OC(C(=O)O)C(O)C(O)C2O)/C(C)=C/C(C)CCC/C=C/C(C)C/C=C/CCCN(C)C(=N)N)C(=O)CC1. The van der Waals surface area contributed by atoms with Crippen LogP contribution in [0.5, 0.6) is 0 Å². The third-order valence-corrected chi connectivity index (χ3v) is 10.5. The van der Waals surface area contributed by atoms with Gasteiger partial charge in [-0.2, -0.15) is 0 Å². The van der Waals surface area contributed by atoms with Crippen molar-refractivity contribution in [2.75, 3.05) is 20.7 Å². The van der Waals surface area contributed by atoms with Gasteiger partial charge < -0.3 is 55.7 Å². The van der Waals surface area contributed by atoms with Crippen molar-refractivity contribution < 1.29 is 49.3 Å². The molecule has 340 valence electrons. The number of aliphatic carboxylic acids is 1. The van der Waals surface area contributed by atoms with Crippen LogP contribution in [0.2, 0.25) is 0 Å². The molecule has 0 bridgehead atoms. The highest BCUT2D eigenvalue weighted by molar-refractivity contribution is 5.97. The van der Waals surface area contributed by atoms with Crippen LogP contribution in [0.3, 0.4) is 0 Å². The Hall–Kier alpha value is -4.57. The Morgan fingerprint density at radius 3 is 2.23 bits per heavy atom. The number of ether oxygens (including phenoxy) is 3. The summed E-state index contributed by atoms with van der Waals surface area (Å²) < 4.78 is 16.9. The van der Waals surface area contributed by atoms with E-state index >= 15 is 0 Å². The van der Waals surface area contributed by atoms with Crippen LogP contribution < -0.4 is 11.1 Å². The molecule has 2 aliphatic rings. The highest BCUT2D eigenvalue weighted by Gasteiger charge is 2.48. The molecule has 0 aromatic rings. The fourth-order valence-corrected chi connectivity index (χ4v) is 6.75. The summed E-state index contributed by atoms with van der Waals surface area (Å²) in [5.74, 6) is -0.610. The molecule has 14 heteroatoms. The molecule has 1 aliphatic heterocycles. The maximum Gasteiger partial charge on any atom is 0.335 e. The number of hydrogen-bond donors (Lipinski definition) is 8. The minimum absolute atomic E-state index is 0.0844. The average Bonchev–Trinajstić information content (AvgIpc) is 3.57. The lowest BCUT2D eigenvalue weighted by Gasteiger charge is -2.40. The first-order valence-corrected chi connectivity index (χ1v) is 21.2. The quantitative estimate of drug-likeness (QED) is 0.0131. The second-order valence-electron chi connectivity index (χ2n) is 16.0. The smallest absolute Gasteiger partial charge is 0.335 e. The van der Waals surface area contributed by atoms with E-state index in [4.69, 9.17) is 25.4 Å². The Morgan fingerprint density at radius 2 is 1.57 bits per heavy atom. The molecule has 1 aliphatic carbocycles. The lowest BCUT2D eigenvalue weighted by atomic mass is 9.92. The van der Waals surface area contributed by atoms with Crippen LogP contribution >= 0.6 is 0 Å². The van der Waals surface area contributed by atoms with E-state index in [1.165, 1.54) is 7.11 Å². The standard InChI is InChI=1S/C47H72N4O10/c1-31(22-16-13-14-21-29-51(6)47(48)49)23-17-15-18-24-32(2)30-35(5)42(60-46-41(55)39(53)40(54)43(61-46)45(57)58)33(3)25-19-11-9-8-10-12-20-26-34(4)44(56)50-38-36(52)27-28-37(38)59-7/h8-13,16-17,19-20,23,25-26,30-33,39-44,46,50,53-56H,14-15,18,21-22,24,27-29H2,1-7H3,(H3,48,49)(H,57,58)/b10-8+,11-9+,16-13+,20-12+,23-17+,25-19+,34-26+,35-30+. The number of rotatable bonds is 26. The molecule has 0 amide bonds. The predicted molar refractivity (Wildman–Crippen MR) is 239 cm³/mol. The first-order valence-electron chi connectivity index (χ1n) is 21.2. The number of nitrogens with two attached hydrogens (primary N) is 1. The van der Waals surface area contributed by atoms with Crippen molar-refractivity contribution in [1.82, 2.24) is 10.2 Å². The fraction of sp³-hybridized carbons (Fsp3) is 0.553. The maximum absolute atomic E-state index is 12.1. The monoisotopic (exact) mass is 853 g/mol. The van der Waals surface area contributed by atoms with Gasteiger partial charge in [0.15, 0.2) is 24.1 Å². The van der Waals surface area contributed by atoms with Crippen molar-refractivity contribution >= 4 is 17.7 Å². The third kappa shape index (κ3) is 18.9. The number of carboxylic acid groups (broad SMARTS) is 1. The average molecular weight is 853 g/mol. The summed E-state index contributed by atoms with van der Waals surface area (Å²) in [6.45, 7) is 10.7. The van der Waals surface area contributed by atoms with Crippen molar-refractivity contribution in [2.45, 2.75) is 129 Å². The minimum Gasteiger partial charge on any atom is -0.499 e. The van der Waals surface area contributed by atoms with Crippen molar-refractivity contribution in [3.05, 3.63) is 108 Å². The van der Waals surface area contributed by atoms with E-state index in [1.54, 1.807) is 30.1 Å². The topological polar surface area (TPSA) is 228 Å². The molecule has 61 heavy (non-hydrogen) atoms. The van der Waals surface area contributed by atoms with Gasteiger partial charge in [-0.15, -0.1) is 0 Å². The van der Waals surface area contributed by atoms with Crippen LogP contribution in [0.1, 0.15) is 86.0 Å². The highest BCUT2D eigenvalue weighted by atomic mass is 16.7. The lowest BCUT2D eigenvalue weighted by molar-refractivity contribution is -0.303. The Bertz CT molecular complexity index is 1680. The second-order valence-corrected chi connectivity index (χ2v) is 16.0. The van der Waals surface area contributed by atoms with E-state index in [0.29, 0.717) is 35.8 Å². The van der Waals surface area contributed by atoms with Gasteiger partial charge in [0, 0.05) is 32.4 Å². The number of Topliss-reactive ketones (excluding diaryl/α,β-unsaturated/α-hetero) is 1. The predicted octanol–water partition coefficient (Wildman–Crippen LogP) is 5.70. The normalized spacial score (nSPS) is 24.5. The van der Waals surface area contributed by atoms with Crippen molar-refractivity contribution in [3.63, 3.8) is 0 Å². The van der Waals surface area contributed by atoms with Crippen LogP contribution in [-0.4, -0.2) is 112 Å². The summed E-state index contributed by atoms with van der Waals surface area (Å²) in [7, 11) is 3.32. The summed E-state index contributed by atoms with van der Waals surface area (Å²) in [6, 6.07) is 0. The Labute approximate surface area is 362 Å². The number of guanidine groups is 1. The van der Waals surface area contributed by atoms with E-state index in [0.717, 1.165) is 50.6 Å². The van der Waals surface area contributed by atoms with Gasteiger partial charge in [0.05, 0.1) is 13.2 Å². The number of nitrogens with zero attached hydrogens (tertiary/aromatic N) is 1. The molecule has 0 aromatic carbocycles. The number of unbranched alkanes of at least 4 members (excludes halogenated alkanes) is 2. The Morgan fingerprint density at radius 1 is 0.918 bits per heavy atom. The molecule has 9 N–H and O–H groups in total. The largest absolute Gasteiger partial charge is 0.499 e. The molecule has 10 atom stereocenters. The summed E-state index contributed by atoms with van der Waals surface area (Å²) in [4.78, 5) is 25.6. The number of ketones is 1. The van der Waals surface area contributed by atoms with Gasteiger partial charge in [0.2, 0.25) is 0 Å². The zero-order valence-corrected chi connectivity index (χ0v) is 37.0. The number of allylic oxidation sites excluding steroid dienone is 15. The molecule has 1 saturated heterocycles. The number of carboxylic acids is 1. The summed E-state index contributed by atoms with van der Waals surface area (Å²) in [6.07, 6.45) is 23.7. The lowest BCUT2D eigenvalue weighted by Crippen LogP contribution is -2.61. The molecular weight excluding hydrogens is 781 g/mol. The van der Waals surface area contributed by atoms with Gasteiger partial charge in [-0.3, -0.25) is 10.2 Å². The number of carbonyl (C=O) groups is 2. The van der Waals surface area contributed by atoms with E-state index in [9.17, 15) is 35.1 Å². The van der Waals surface area contributed by atoms with Crippen LogP contribution in [0.15, 0.2) is 108 Å². The second kappa shape index (κ2) is 28.1. The first kappa shape index (κ1) is 52.6. The molecule has 2 rings (SSSR count).